The summed E-state index contributed by atoms with van der Waals surface area (Å²) in [6.45, 7) is 5.54. The molecule has 1 atom stereocenters. The molecule has 146 valence electrons. The molecule has 1 aromatic heterocycles. The van der Waals surface area contributed by atoms with Crippen LogP contribution in [0, 0.1) is 5.92 Å². The molecule has 2 N–H and O–H groups in total. The molecule has 2 rings (SSSR count). The molecule has 0 unspecified atom stereocenters. The standard InChI is InChI=1S/C17H23Cl3N2O3S/c1-4-25-15(24)12-10-7-5-6-8-11(10)26-14(12)22-16(17(18,19)20)21-13(23)9(2)3/h9,16,22H,4-8H2,1-3H3,(H,21,23)/t16-/m1/s1. The lowest BCUT2D eigenvalue weighted by molar-refractivity contribution is -0.124. The van der Waals surface area contributed by atoms with Gasteiger partial charge >= 0.3 is 5.97 Å². The molecule has 0 radical (unpaired) electrons. The number of rotatable bonds is 6. The smallest absolute Gasteiger partial charge is 0.341 e. The van der Waals surface area contributed by atoms with E-state index in [9.17, 15) is 9.59 Å². The zero-order valence-corrected chi connectivity index (χ0v) is 18.0. The van der Waals surface area contributed by atoms with Crippen LogP contribution in [0.25, 0.3) is 0 Å². The van der Waals surface area contributed by atoms with Gasteiger partial charge in [-0.25, -0.2) is 4.79 Å². The van der Waals surface area contributed by atoms with Crippen LogP contribution in [0.2, 0.25) is 0 Å². The van der Waals surface area contributed by atoms with Gasteiger partial charge in [-0.2, -0.15) is 0 Å². The van der Waals surface area contributed by atoms with Gasteiger partial charge in [0, 0.05) is 10.8 Å². The van der Waals surface area contributed by atoms with Crippen LogP contribution in [0.15, 0.2) is 0 Å². The SMILES string of the molecule is CCOC(=O)c1c(N[C@@H](NC(=O)C(C)C)C(Cl)(Cl)Cl)sc2c1CCCC2. The molecule has 0 saturated carbocycles. The summed E-state index contributed by atoms with van der Waals surface area (Å²) in [5.41, 5.74) is 1.49. The molecular formula is C17H23Cl3N2O3S. The molecule has 0 aliphatic heterocycles. The van der Waals surface area contributed by atoms with Crippen molar-refractivity contribution in [1.82, 2.24) is 5.32 Å². The Labute approximate surface area is 172 Å². The Bertz CT molecular complexity index is 671. The van der Waals surface area contributed by atoms with Crippen molar-refractivity contribution in [2.24, 2.45) is 5.92 Å². The minimum absolute atomic E-state index is 0.257. The second kappa shape index (κ2) is 9.00. The second-order valence-corrected chi connectivity index (χ2v) is 9.89. The van der Waals surface area contributed by atoms with Gasteiger partial charge in [-0.05, 0) is 38.2 Å². The summed E-state index contributed by atoms with van der Waals surface area (Å²) < 4.78 is 3.43. The Morgan fingerprint density at radius 2 is 1.88 bits per heavy atom. The lowest BCUT2D eigenvalue weighted by atomic mass is 9.95. The summed E-state index contributed by atoms with van der Waals surface area (Å²) in [5, 5.41) is 6.32. The molecule has 1 aromatic rings. The molecule has 1 heterocycles. The maximum atomic E-state index is 12.5. The first-order chi connectivity index (χ1) is 12.1. The minimum Gasteiger partial charge on any atom is -0.462 e. The largest absolute Gasteiger partial charge is 0.462 e. The van der Waals surface area contributed by atoms with E-state index in [4.69, 9.17) is 39.5 Å². The lowest BCUT2D eigenvalue weighted by Gasteiger charge is -2.28. The summed E-state index contributed by atoms with van der Waals surface area (Å²) in [6.07, 6.45) is 2.85. The van der Waals surface area contributed by atoms with Crippen LogP contribution in [-0.4, -0.2) is 28.4 Å². The van der Waals surface area contributed by atoms with Crippen LogP contribution >= 0.6 is 46.1 Å². The average Bonchev–Trinajstić information content (AvgIpc) is 2.91. The van der Waals surface area contributed by atoms with Crippen LogP contribution in [0.4, 0.5) is 5.00 Å². The highest BCUT2D eigenvalue weighted by atomic mass is 35.6. The molecule has 1 amide bonds. The van der Waals surface area contributed by atoms with Crippen molar-refractivity contribution in [3.8, 4) is 0 Å². The van der Waals surface area contributed by atoms with Crippen LogP contribution in [0.5, 0.6) is 0 Å². The van der Waals surface area contributed by atoms with Crippen LogP contribution in [-0.2, 0) is 22.4 Å². The quantitative estimate of drug-likeness (QED) is 0.382. The number of ether oxygens (including phenoxy) is 1. The van der Waals surface area contributed by atoms with E-state index in [1.165, 1.54) is 11.3 Å². The van der Waals surface area contributed by atoms with Crippen LogP contribution in [0.1, 0.15) is 54.4 Å². The highest BCUT2D eigenvalue weighted by molar-refractivity contribution is 7.16. The molecule has 1 aliphatic carbocycles. The minimum atomic E-state index is -1.79. The monoisotopic (exact) mass is 440 g/mol. The van der Waals surface area contributed by atoms with Gasteiger partial charge in [0.15, 0.2) is 0 Å². The van der Waals surface area contributed by atoms with E-state index >= 15 is 0 Å². The average molecular weight is 442 g/mol. The fourth-order valence-corrected chi connectivity index (χ4v) is 4.36. The van der Waals surface area contributed by atoms with Gasteiger partial charge in [0.1, 0.15) is 11.2 Å². The number of thiophene rings is 1. The Kier molecular flexibility index (Phi) is 7.48. The number of carbonyl (C=O) groups excluding carboxylic acids is 2. The van der Waals surface area contributed by atoms with Gasteiger partial charge in [0.05, 0.1) is 12.2 Å². The Morgan fingerprint density at radius 1 is 1.23 bits per heavy atom. The van der Waals surface area contributed by atoms with E-state index in [1.807, 2.05) is 0 Å². The Morgan fingerprint density at radius 3 is 2.46 bits per heavy atom. The van der Waals surface area contributed by atoms with Gasteiger partial charge < -0.3 is 15.4 Å². The number of amides is 1. The van der Waals surface area contributed by atoms with E-state index < -0.39 is 15.9 Å². The van der Waals surface area contributed by atoms with Crippen molar-refractivity contribution < 1.29 is 14.3 Å². The van der Waals surface area contributed by atoms with Crippen molar-refractivity contribution in [3.63, 3.8) is 0 Å². The first-order valence-electron chi connectivity index (χ1n) is 8.60. The molecular weight excluding hydrogens is 419 g/mol. The van der Waals surface area contributed by atoms with Crippen molar-refractivity contribution in [2.45, 2.75) is 56.4 Å². The fourth-order valence-electron chi connectivity index (χ4n) is 2.73. The highest BCUT2D eigenvalue weighted by Crippen LogP contribution is 2.40. The third-order valence-corrected chi connectivity index (χ3v) is 5.94. The van der Waals surface area contributed by atoms with E-state index in [-0.39, 0.29) is 18.4 Å². The molecule has 0 fully saturated rings. The van der Waals surface area contributed by atoms with Gasteiger partial charge in [-0.3, -0.25) is 4.79 Å². The number of aryl methyl sites for hydroxylation is 1. The second-order valence-electron chi connectivity index (χ2n) is 6.42. The molecule has 0 bridgehead atoms. The molecule has 0 spiro atoms. The summed E-state index contributed by atoms with van der Waals surface area (Å²) in [5.74, 6) is -0.923. The van der Waals surface area contributed by atoms with Crippen molar-refractivity contribution >= 4 is 63.0 Å². The summed E-state index contributed by atoms with van der Waals surface area (Å²) in [4.78, 5) is 25.7. The van der Waals surface area contributed by atoms with Crippen LogP contribution < -0.4 is 10.6 Å². The maximum Gasteiger partial charge on any atom is 0.341 e. The van der Waals surface area contributed by atoms with E-state index in [0.717, 1.165) is 36.1 Å². The zero-order chi connectivity index (χ0) is 19.5. The van der Waals surface area contributed by atoms with E-state index in [0.29, 0.717) is 10.6 Å². The fraction of sp³-hybridized carbons (Fsp3) is 0.647. The number of hydrogen-bond acceptors (Lipinski definition) is 5. The van der Waals surface area contributed by atoms with Gasteiger partial charge in [-0.15, -0.1) is 11.3 Å². The summed E-state index contributed by atoms with van der Waals surface area (Å²) in [6, 6.07) is 0. The number of anilines is 1. The van der Waals surface area contributed by atoms with Crippen molar-refractivity contribution in [2.75, 3.05) is 11.9 Å². The highest BCUT2D eigenvalue weighted by Gasteiger charge is 2.37. The predicted octanol–water partition coefficient (Wildman–Crippen LogP) is 4.68. The summed E-state index contributed by atoms with van der Waals surface area (Å²) >= 11 is 19.6. The third-order valence-electron chi connectivity index (χ3n) is 4.06. The predicted molar refractivity (Wildman–Crippen MR) is 108 cm³/mol. The van der Waals surface area contributed by atoms with Crippen molar-refractivity contribution in [1.29, 1.82) is 0 Å². The first-order valence-corrected chi connectivity index (χ1v) is 10.6. The number of hydrogen-bond donors (Lipinski definition) is 2. The van der Waals surface area contributed by atoms with Gasteiger partial charge in [-0.1, -0.05) is 48.7 Å². The van der Waals surface area contributed by atoms with E-state index in [1.54, 1.807) is 20.8 Å². The number of alkyl halides is 3. The molecule has 1 aliphatic rings. The van der Waals surface area contributed by atoms with Crippen molar-refractivity contribution in [3.05, 3.63) is 16.0 Å². The zero-order valence-electron chi connectivity index (χ0n) is 15.0. The molecule has 5 nitrogen and oxygen atoms in total. The number of halogens is 3. The lowest BCUT2D eigenvalue weighted by Crippen LogP contribution is -2.50. The number of nitrogens with one attached hydrogen (secondary N) is 2. The molecule has 0 aromatic carbocycles. The third kappa shape index (κ3) is 5.18. The Balaban J connectivity index is 2.37. The molecule has 26 heavy (non-hydrogen) atoms. The normalized spacial score (nSPS) is 15.3. The topological polar surface area (TPSA) is 67.4 Å². The Hall–Kier alpha value is -0.690. The number of carbonyl (C=O) groups is 2. The number of fused-ring (bicyclic) bond motifs is 1. The van der Waals surface area contributed by atoms with Crippen LogP contribution in [0.3, 0.4) is 0 Å². The van der Waals surface area contributed by atoms with E-state index in [2.05, 4.69) is 10.6 Å². The summed E-state index contributed by atoms with van der Waals surface area (Å²) in [7, 11) is 0. The molecule has 0 saturated heterocycles. The van der Waals surface area contributed by atoms with Gasteiger partial charge in [0.25, 0.3) is 0 Å². The van der Waals surface area contributed by atoms with Gasteiger partial charge in [0.2, 0.25) is 9.70 Å². The first kappa shape index (κ1) is 21.6. The number of esters is 1. The maximum absolute atomic E-state index is 12.5. The molecule has 9 heteroatoms.